The molecule has 0 amide bonds. The second-order valence-corrected chi connectivity index (χ2v) is 10.2. The molecule has 15 heteroatoms. The predicted molar refractivity (Wildman–Crippen MR) is 123 cm³/mol. The predicted octanol–water partition coefficient (Wildman–Crippen LogP) is -4.60. The second kappa shape index (κ2) is 13.8. The van der Waals surface area contributed by atoms with Crippen molar-refractivity contribution in [2.24, 2.45) is 11.5 Å². The number of aliphatic hydroxyl groups excluding tert-OH is 7. The van der Waals surface area contributed by atoms with E-state index in [9.17, 15) is 40.5 Å². The Bertz CT molecular complexity index is 709. The van der Waals surface area contributed by atoms with Crippen LogP contribution in [0.15, 0.2) is 0 Å². The Hall–Kier alpha value is -1.05. The fourth-order valence-electron chi connectivity index (χ4n) is 3.94. The molecule has 0 radical (unpaired) electrons. The third kappa shape index (κ3) is 8.47. The maximum atomic E-state index is 12.2. The fraction of sp³-hybridized carbons (Fsp3) is 0.955. The SMILES string of the molecule is CC(C)(C)OC(=O)[C@@H](N)CC[C@@H](CN)O[C@@H]1O[C@H](CO)[C@H](O)[C@H](O)[C@H]1O[C@H]1O[C@H](CO)[C@@H](O)[C@H](O)[C@H]1O. The van der Waals surface area contributed by atoms with Crippen molar-refractivity contribution in [1.82, 2.24) is 0 Å². The summed E-state index contributed by atoms with van der Waals surface area (Å²) in [5.41, 5.74) is 11.0. The van der Waals surface area contributed by atoms with Gasteiger partial charge in [-0.3, -0.25) is 4.79 Å². The van der Waals surface area contributed by atoms with Crippen LogP contribution in [0, 0.1) is 0 Å². The average molecular weight is 543 g/mol. The summed E-state index contributed by atoms with van der Waals surface area (Å²) in [4.78, 5) is 12.2. The van der Waals surface area contributed by atoms with E-state index in [-0.39, 0.29) is 19.4 Å². The number of rotatable bonds is 11. The quantitative estimate of drug-likeness (QED) is 0.111. The van der Waals surface area contributed by atoms with Crippen LogP contribution in [0.4, 0.5) is 0 Å². The minimum Gasteiger partial charge on any atom is -0.459 e. The molecule has 0 spiro atoms. The van der Waals surface area contributed by atoms with Crippen LogP contribution in [-0.4, -0.2) is 141 Å². The van der Waals surface area contributed by atoms with E-state index in [1.165, 1.54) is 0 Å². The molecule has 2 heterocycles. The van der Waals surface area contributed by atoms with E-state index in [1.807, 2.05) is 0 Å². The summed E-state index contributed by atoms with van der Waals surface area (Å²) in [7, 11) is 0. The summed E-state index contributed by atoms with van der Waals surface area (Å²) in [6, 6.07) is -0.970. The molecule has 2 aliphatic heterocycles. The zero-order chi connectivity index (χ0) is 28.1. The Morgan fingerprint density at radius 1 is 0.865 bits per heavy atom. The summed E-state index contributed by atoms with van der Waals surface area (Å²) in [6.07, 6.45) is -16.3. The van der Waals surface area contributed by atoms with E-state index in [1.54, 1.807) is 20.8 Å². The van der Waals surface area contributed by atoms with Gasteiger partial charge in [0.25, 0.3) is 0 Å². The Balaban J connectivity index is 2.13. The van der Waals surface area contributed by atoms with Gasteiger partial charge in [0.05, 0.1) is 19.3 Å². The molecule has 0 aromatic rings. The molecule has 37 heavy (non-hydrogen) atoms. The normalized spacial score (nSPS) is 38.7. The van der Waals surface area contributed by atoms with Gasteiger partial charge in [0.1, 0.15) is 60.5 Å². The molecule has 0 unspecified atom stereocenters. The van der Waals surface area contributed by atoms with Crippen molar-refractivity contribution in [2.75, 3.05) is 19.8 Å². The first-order valence-electron chi connectivity index (χ1n) is 12.2. The zero-order valence-electron chi connectivity index (χ0n) is 21.2. The highest BCUT2D eigenvalue weighted by Gasteiger charge is 2.51. The molecule has 11 N–H and O–H groups in total. The molecule has 0 aromatic carbocycles. The van der Waals surface area contributed by atoms with Crippen LogP contribution >= 0.6 is 0 Å². The summed E-state index contributed by atoms with van der Waals surface area (Å²) < 4.78 is 27.6. The Morgan fingerprint density at radius 3 is 1.92 bits per heavy atom. The van der Waals surface area contributed by atoms with Gasteiger partial charge >= 0.3 is 5.97 Å². The van der Waals surface area contributed by atoms with Crippen molar-refractivity contribution >= 4 is 5.97 Å². The number of hydrogen-bond acceptors (Lipinski definition) is 15. The van der Waals surface area contributed by atoms with Crippen LogP contribution < -0.4 is 11.5 Å². The molecule has 2 rings (SSSR count). The van der Waals surface area contributed by atoms with Crippen molar-refractivity contribution < 1.29 is 64.2 Å². The van der Waals surface area contributed by atoms with E-state index in [0.29, 0.717) is 0 Å². The molecule has 218 valence electrons. The monoisotopic (exact) mass is 542 g/mol. The lowest BCUT2D eigenvalue weighted by atomic mass is 9.97. The standard InChI is InChI=1S/C22H42N2O13/c1-22(2,3)37-19(32)10(24)5-4-9(6-23)33-21-18(16(30)14(28)12(8-26)35-21)36-20-17(31)15(29)13(27)11(7-25)34-20/h9-18,20-21,25-31H,4-8,23-24H2,1-3H3/t9-,10-,11+,12+,13+,14-,15-,16-,17+,18+,20+,21+/m0/s1. The summed E-state index contributed by atoms with van der Waals surface area (Å²) in [5, 5.41) is 70.3. The van der Waals surface area contributed by atoms with E-state index in [2.05, 4.69) is 0 Å². The van der Waals surface area contributed by atoms with Gasteiger partial charge < -0.3 is 70.9 Å². The van der Waals surface area contributed by atoms with E-state index < -0.39 is 98.3 Å². The molecule has 0 bridgehead atoms. The Morgan fingerprint density at radius 2 is 1.41 bits per heavy atom. The van der Waals surface area contributed by atoms with Crippen LogP contribution in [0.3, 0.4) is 0 Å². The van der Waals surface area contributed by atoms with Gasteiger partial charge in [0, 0.05) is 6.54 Å². The third-order valence-electron chi connectivity index (χ3n) is 6.06. The van der Waals surface area contributed by atoms with Gasteiger partial charge in [-0.15, -0.1) is 0 Å². The maximum absolute atomic E-state index is 12.2. The summed E-state index contributed by atoms with van der Waals surface area (Å²) in [5.74, 6) is -0.611. The molecular formula is C22H42N2O13. The number of hydrogen-bond donors (Lipinski definition) is 9. The molecule has 0 aromatic heterocycles. The lowest BCUT2D eigenvalue weighted by Crippen LogP contribution is -2.65. The van der Waals surface area contributed by atoms with Crippen LogP contribution in [0.5, 0.6) is 0 Å². The van der Waals surface area contributed by atoms with Crippen LogP contribution in [0.1, 0.15) is 33.6 Å². The molecule has 15 nitrogen and oxygen atoms in total. The molecule has 0 aliphatic carbocycles. The van der Waals surface area contributed by atoms with E-state index in [4.69, 9.17) is 35.2 Å². The van der Waals surface area contributed by atoms with Gasteiger partial charge in [-0.2, -0.15) is 0 Å². The molecule has 2 saturated heterocycles. The Labute approximate surface area is 214 Å². The van der Waals surface area contributed by atoms with Crippen molar-refractivity contribution in [3.63, 3.8) is 0 Å². The van der Waals surface area contributed by atoms with E-state index >= 15 is 0 Å². The maximum Gasteiger partial charge on any atom is 0.323 e. The highest BCUT2D eigenvalue weighted by Crippen LogP contribution is 2.30. The molecular weight excluding hydrogens is 500 g/mol. The Kier molecular flexibility index (Phi) is 12.0. The van der Waals surface area contributed by atoms with Crippen molar-refractivity contribution in [2.45, 2.75) is 113 Å². The molecule has 2 fully saturated rings. The van der Waals surface area contributed by atoms with Crippen molar-refractivity contribution in [3.8, 4) is 0 Å². The summed E-state index contributed by atoms with van der Waals surface area (Å²) >= 11 is 0. The number of ether oxygens (including phenoxy) is 5. The van der Waals surface area contributed by atoms with Crippen LogP contribution in [0.25, 0.3) is 0 Å². The minimum absolute atomic E-state index is 0.0733. The number of nitrogens with two attached hydrogens (primary N) is 2. The first-order valence-corrected chi connectivity index (χ1v) is 12.2. The molecule has 0 saturated carbocycles. The van der Waals surface area contributed by atoms with Gasteiger partial charge in [0.2, 0.25) is 0 Å². The van der Waals surface area contributed by atoms with Gasteiger partial charge in [0.15, 0.2) is 12.6 Å². The lowest BCUT2D eigenvalue weighted by molar-refractivity contribution is -0.371. The number of aliphatic hydroxyl groups is 7. The molecule has 2 aliphatic rings. The summed E-state index contributed by atoms with van der Waals surface area (Å²) in [6.45, 7) is 3.65. The van der Waals surface area contributed by atoms with Gasteiger partial charge in [-0.05, 0) is 33.6 Å². The third-order valence-corrected chi connectivity index (χ3v) is 6.06. The zero-order valence-corrected chi connectivity index (χ0v) is 21.2. The smallest absolute Gasteiger partial charge is 0.323 e. The molecule has 12 atom stereocenters. The van der Waals surface area contributed by atoms with Crippen molar-refractivity contribution in [3.05, 3.63) is 0 Å². The number of esters is 1. The second-order valence-electron chi connectivity index (χ2n) is 10.2. The van der Waals surface area contributed by atoms with Crippen LogP contribution in [-0.2, 0) is 28.5 Å². The average Bonchev–Trinajstić information content (AvgIpc) is 2.84. The van der Waals surface area contributed by atoms with Crippen molar-refractivity contribution in [1.29, 1.82) is 0 Å². The number of carbonyl (C=O) groups excluding carboxylic acids is 1. The first kappa shape index (κ1) is 32.2. The first-order chi connectivity index (χ1) is 17.2. The topological polar surface area (TPSA) is 257 Å². The number of carbonyl (C=O) groups is 1. The lowest BCUT2D eigenvalue weighted by Gasteiger charge is -2.46. The largest absolute Gasteiger partial charge is 0.459 e. The minimum atomic E-state index is -1.80. The fourth-order valence-corrected chi connectivity index (χ4v) is 3.94. The highest BCUT2D eigenvalue weighted by molar-refractivity contribution is 5.75. The van der Waals surface area contributed by atoms with E-state index in [0.717, 1.165) is 0 Å². The van der Waals surface area contributed by atoms with Gasteiger partial charge in [-0.25, -0.2) is 0 Å². The van der Waals surface area contributed by atoms with Gasteiger partial charge in [-0.1, -0.05) is 0 Å². The van der Waals surface area contributed by atoms with Crippen LogP contribution in [0.2, 0.25) is 0 Å². The highest BCUT2D eigenvalue weighted by atomic mass is 16.8.